The van der Waals surface area contributed by atoms with Gasteiger partial charge < -0.3 is 14.2 Å². The molecule has 0 unspecified atom stereocenters. The Labute approximate surface area is 120 Å². The van der Waals surface area contributed by atoms with Gasteiger partial charge in [0.2, 0.25) is 0 Å². The SMILES string of the molecule is [2H]c1nc([2H])c(B2OC(C)(C)C(C)(C)O2)c(N(C([2H])([2H])[2H])C([2H])([2H])[2H])n1. The van der Waals surface area contributed by atoms with Gasteiger partial charge in [0.05, 0.1) is 12.6 Å². The van der Waals surface area contributed by atoms with Crippen molar-refractivity contribution in [3.63, 3.8) is 0 Å². The van der Waals surface area contributed by atoms with E-state index in [1.54, 1.807) is 27.7 Å². The molecule has 18 heavy (non-hydrogen) atoms. The van der Waals surface area contributed by atoms with Crippen LogP contribution in [0.4, 0.5) is 5.82 Å². The third-order valence-corrected chi connectivity index (χ3v) is 3.32. The maximum absolute atomic E-state index is 8.05. The highest BCUT2D eigenvalue weighted by Crippen LogP contribution is 2.36. The number of nitrogens with zero attached hydrogens (tertiary/aromatic N) is 3. The average molecular weight is 257 g/mol. The molecule has 0 bridgehead atoms. The summed E-state index contributed by atoms with van der Waals surface area (Å²) < 4.78 is 72.7. The van der Waals surface area contributed by atoms with E-state index in [4.69, 9.17) is 20.3 Å². The van der Waals surface area contributed by atoms with Crippen LogP contribution in [0.3, 0.4) is 0 Å². The summed E-state index contributed by atoms with van der Waals surface area (Å²) in [6.07, 6.45) is -1.21. The number of anilines is 1. The molecule has 0 radical (unpaired) electrons. The number of rotatable bonds is 2. The molecule has 2 heterocycles. The fourth-order valence-electron chi connectivity index (χ4n) is 1.56. The van der Waals surface area contributed by atoms with E-state index in [1.807, 2.05) is 0 Å². The van der Waals surface area contributed by atoms with Gasteiger partial charge in [-0.25, -0.2) is 9.97 Å². The molecule has 98 valence electrons. The molecule has 1 fully saturated rings. The molecule has 0 saturated carbocycles. The Balaban J connectivity index is 2.69. The molecule has 5 nitrogen and oxygen atoms in total. The number of aromatic nitrogens is 2. The van der Waals surface area contributed by atoms with Crippen LogP contribution in [0.2, 0.25) is 0 Å². The standard InChI is InChI=1S/C12H20BN3O2/c1-11(2)12(3,4)18-13(17-11)9-7-14-8-15-10(9)16(5)6/h7-8H,1-6H3/i5D3,6D3,7D,8D. The summed E-state index contributed by atoms with van der Waals surface area (Å²) in [6, 6.07) is 0. The van der Waals surface area contributed by atoms with Crippen molar-refractivity contribution in [3.05, 3.63) is 12.5 Å². The molecule has 0 amide bonds. The lowest BCUT2D eigenvalue weighted by Gasteiger charge is -2.32. The first-order valence-electron chi connectivity index (χ1n) is 9.48. The van der Waals surface area contributed by atoms with Crippen molar-refractivity contribution in [2.75, 3.05) is 18.9 Å². The van der Waals surface area contributed by atoms with E-state index >= 15 is 0 Å². The minimum absolute atomic E-state index is 0.109. The lowest BCUT2D eigenvalue weighted by atomic mass is 9.80. The summed E-state index contributed by atoms with van der Waals surface area (Å²) in [6.45, 7) is 0.804. The molecule has 0 spiro atoms. The average Bonchev–Trinajstić information content (AvgIpc) is 2.52. The van der Waals surface area contributed by atoms with Gasteiger partial charge in [0, 0.05) is 33.8 Å². The Morgan fingerprint density at radius 1 is 1.28 bits per heavy atom. The van der Waals surface area contributed by atoms with Crippen molar-refractivity contribution in [2.24, 2.45) is 0 Å². The fraction of sp³-hybridized carbons (Fsp3) is 0.667. The van der Waals surface area contributed by atoms with Gasteiger partial charge in [0.25, 0.3) is 0 Å². The topological polar surface area (TPSA) is 47.5 Å². The molecule has 2 rings (SSSR count). The van der Waals surface area contributed by atoms with E-state index in [2.05, 4.69) is 9.97 Å². The summed E-state index contributed by atoms with van der Waals surface area (Å²) in [7, 11) is -1.25. The molecule has 0 aliphatic carbocycles. The van der Waals surface area contributed by atoms with Gasteiger partial charge in [-0.05, 0) is 27.7 Å². The number of hydrogen-bond donors (Lipinski definition) is 0. The summed E-state index contributed by atoms with van der Waals surface area (Å²) in [5, 5.41) is 0. The molecular formula is C12H20BN3O2. The monoisotopic (exact) mass is 257 g/mol. The molecule has 1 saturated heterocycles. The van der Waals surface area contributed by atoms with Crippen molar-refractivity contribution in [1.82, 2.24) is 9.97 Å². The van der Waals surface area contributed by atoms with Crippen LogP contribution in [0, 0.1) is 0 Å². The van der Waals surface area contributed by atoms with Crippen molar-refractivity contribution in [3.8, 4) is 0 Å². The van der Waals surface area contributed by atoms with Crippen LogP contribution in [0.1, 0.15) is 38.7 Å². The Hall–Kier alpha value is -1.14. The van der Waals surface area contributed by atoms with Crippen LogP contribution in [-0.4, -0.2) is 42.2 Å². The Morgan fingerprint density at radius 3 is 2.44 bits per heavy atom. The number of hydrogen-bond acceptors (Lipinski definition) is 5. The Bertz CT molecular complexity index is 677. The predicted octanol–water partition coefficient (Wildman–Crippen LogP) is 0.842. The molecule has 1 aromatic rings. The third-order valence-electron chi connectivity index (χ3n) is 3.32. The first-order chi connectivity index (χ1) is 11.5. The van der Waals surface area contributed by atoms with E-state index in [1.165, 1.54) is 0 Å². The highest BCUT2D eigenvalue weighted by Gasteiger charge is 2.52. The first-order valence-corrected chi connectivity index (χ1v) is 5.48. The molecule has 0 atom stereocenters. The fourth-order valence-corrected chi connectivity index (χ4v) is 1.56. The molecule has 0 N–H and O–H groups in total. The maximum atomic E-state index is 8.05. The highest BCUT2D eigenvalue weighted by molar-refractivity contribution is 6.63. The van der Waals surface area contributed by atoms with E-state index in [0.717, 1.165) is 0 Å². The summed E-state index contributed by atoms with van der Waals surface area (Å²) in [5.74, 6) is -0.603. The van der Waals surface area contributed by atoms with Crippen molar-refractivity contribution in [1.29, 1.82) is 0 Å². The second-order valence-electron chi connectivity index (χ2n) is 5.10. The minimum atomic E-state index is -3.10. The smallest absolute Gasteiger partial charge is 0.399 e. The van der Waals surface area contributed by atoms with Crippen LogP contribution >= 0.6 is 0 Å². The first kappa shape index (κ1) is 6.35. The van der Waals surface area contributed by atoms with Crippen LogP contribution in [0.25, 0.3) is 0 Å². The van der Waals surface area contributed by atoms with Crippen LogP contribution in [-0.2, 0) is 9.31 Å². The Morgan fingerprint density at radius 2 is 1.89 bits per heavy atom. The zero-order valence-corrected chi connectivity index (χ0v) is 10.7. The van der Waals surface area contributed by atoms with Gasteiger partial charge in [-0.2, -0.15) is 0 Å². The predicted molar refractivity (Wildman–Crippen MR) is 72.1 cm³/mol. The second-order valence-corrected chi connectivity index (χ2v) is 5.10. The van der Waals surface area contributed by atoms with E-state index in [0.29, 0.717) is 0 Å². The van der Waals surface area contributed by atoms with Crippen molar-refractivity contribution >= 4 is 18.4 Å². The van der Waals surface area contributed by atoms with Crippen LogP contribution < -0.4 is 10.4 Å². The lowest BCUT2D eigenvalue weighted by Crippen LogP contribution is -2.41. The molecule has 1 aromatic heterocycles. The molecule has 1 aliphatic rings. The van der Waals surface area contributed by atoms with Gasteiger partial charge in [-0.15, -0.1) is 0 Å². The third kappa shape index (κ3) is 2.10. The van der Waals surface area contributed by atoms with Gasteiger partial charge in [-0.1, -0.05) is 0 Å². The Kier molecular flexibility index (Phi) is 1.48. The van der Waals surface area contributed by atoms with Crippen molar-refractivity contribution in [2.45, 2.75) is 38.9 Å². The van der Waals surface area contributed by atoms with Gasteiger partial charge in [0.1, 0.15) is 13.5 Å². The zero-order chi connectivity index (χ0) is 20.3. The van der Waals surface area contributed by atoms with E-state index in [9.17, 15) is 0 Å². The van der Waals surface area contributed by atoms with Crippen LogP contribution in [0.15, 0.2) is 12.5 Å². The van der Waals surface area contributed by atoms with Crippen LogP contribution in [0.5, 0.6) is 0 Å². The summed E-state index contributed by atoms with van der Waals surface area (Å²) in [5.41, 5.74) is -1.87. The maximum Gasteiger partial charge on any atom is 0.500 e. The normalized spacial score (nSPS) is 29.0. The zero-order valence-electron chi connectivity index (χ0n) is 18.7. The summed E-state index contributed by atoms with van der Waals surface area (Å²) >= 11 is 0. The molecule has 0 aromatic carbocycles. The highest BCUT2D eigenvalue weighted by atomic mass is 16.7. The lowest BCUT2D eigenvalue weighted by molar-refractivity contribution is 0.00578. The quantitative estimate of drug-likeness (QED) is 0.735. The minimum Gasteiger partial charge on any atom is -0.399 e. The van der Waals surface area contributed by atoms with Gasteiger partial charge >= 0.3 is 7.12 Å². The molecular weight excluding hydrogens is 229 g/mol. The largest absolute Gasteiger partial charge is 0.500 e. The van der Waals surface area contributed by atoms with Gasteiger partial charge in [0.15, 0.2) is 0 Å². The van der Waals surface area contributed by atoms with E-state index < -0.39 is 50.6 Å². The van der Waals surface area contributed by atoms with Crippen molar-refractivity contribution < 1.29 is 20.3 Å². The molecule has 1 aliphatic heterocycles. The van der Waals surface area contributed by atoms with Gasteiger partial charge in [-0.3, -0.25) is 0 Å². The second kappa shape index (κ2) is 4.21. The molecule has 6 heteroatoms. The summed E-state index contributed by atoms with van der Waals surface area (Å²) in [4.78, 5) is 7.39. The van der Waals surface area contributed by atoms with E-state index in [-0.39, 0.29) is 10.4 Å².